The van der Waals surface area contributed by atoms with Crippen LogP contribution in [0.25, 0.3) is 6.08 Å². The fourth-order valence-electron chi connectivity index (χ4n) is 2.68. The van der Waals surface area contributed by atoms with Crippen molar-refractivity contribution in [3.63, 3.8) is 0 Å². The van der Waals surface area contributed by atoms with Crippen molar-refractivity contribution in [2.45, 2.75) is 13.2 Å². The molecule has 0 spiro atoms. The van der Waals surface area contributed by atoms with Gasteiger partial charge in [-0.05, 0) is 42.0 Å². The lowest BCUT2D eigenvalue weighted by molar-refractivity contribution is -0.129. The number of aliphatic imine (C=N–C) groups is 1. The molecule has 0 amide bonds. The third-order valence-corrected chi connectivity index (χ3v) is 3.92. The maximum Gasteiger partial charge on any atom is 0.387 e. The second kappa shape index (κ2) is 9.37. The number of benzene rings is 2. The lowest BCUT2D eigenvalue weighted by atomic mass is 10.1. The number of hydrogen-bond acceptors (Lipinski definition) is 7. The maximum absolute atomic E-state index is 12.7. The van der Waals surface area contributed by atoms with Gasteiger partial charge in [0.15, 0.2) is 17.2 Å². The monoisotopic (exact) mass is 441 g/mol. The molecule has 0 aromatic heterocycles. The Balaban J connectivity index is 1.95. The second-order valence-corrected chi connectivity index (χ2v) is 5.88. The lowest BCUT2D eigenvalue weighted by Crippen LogP contribution is -2.07. The van der Waals surface area contributed by atoms with E-state index in [1.807, 2.05) is 0 Å². The normalized spacial score (nSPS) is 14.6. The van der Waals surface area contributed by atoms with Crippen molar-refractivity contribution < 1.29 is 46.0 Å². The Labute approximate surface area is 173 Å². The summed E-state index contributed by atoms with van der Waals surface area (Å²) in [5.74, 6) is -1.48. The molecule has 3 rings (SSSR count). The minimum absolute atomic E-state index is 0.0566. The van der Waals surface area contributed by atoms with Crippen LogP contribution >= 0.6 is 0 Å². The van der Waals surface area contributed by atoms with Gasteiger partial charge in [0.1, 0.15) is 5.75 Å². The van der Waals surface area contributed by atoms with E-state index in [-0.39, 0.29) is 40.2 Å². The molecule has 0 N–H and O–H groups in total. The van der Waals surface area contributed by atoms with Crippen molar-refractivity contribution in [1.29, 1.82) is 0 Å². The highest BCUT2D eigenvalue weighted by atomic mass is 19.3. The number of ether oxygens (including phenoxy) is 5. The van der Waals surface area contributed by atoms with Gasteiger partial charge in [-0.1, -0.05) is 6.07 Å². The third-order valence-electron chi connectivity index (χ3n) is 3.92. The van der Waals surface area contributed by atoms with Crippen LogP contribution in [0.4, 0.5) is 17.6 Å². The topological polar surface area (TPSA) is 75.6 Å². The van der Waals surface area contributed by atoms with Crippen molar-refractivity contribution in [2.24, 2.45) is 4.99 Å². The number of rotatable bonds is 8. The number of carbonyl (C=O) groups is 1. The highest BCUT2D eigenvalue weighted by Gasteiger charge is 2.25. The largest absolute Gasteiger partial charge is 0.493 e. The Hall–Kier alpha value is -3.76. The van der Waals surface area contributed by atoms with Gasteiger partial charge in [0, 0.05) is 5.56 Å². The van der Waals surface area contributed by atoms with Gasteiger partial charge in [-0.2, -0.15) is 17.6 Å². The highest BCUT2D eigenvalue weighted by molar-refractivity contribution is 6.13. The molecule has 2 aromatic carbocycles. The molecule has 0 atom stereocenters. The molecule has 0 aliphatic carbocycles. The van der Waals surface area contributed by atoms with Gasteiger partial charge in [-0.25, -0.2) is 9.79 Å². The summed E-state index contributed by atoms with van der Waals surface area (Å²) in [6.45, 7) is -6.12. The molecule has 1 heterocycles. The molecular weight excluding hydrogens is 426 g/mol. The summed E-state index contributed by atoms with van der Waals surface area (Å²) in [7, 11) is 2.50. The third kappa shape index (κ3) is 5.24. The summed E-state index contributed by atoms with van der Waals surface area (Å²) >= 11 is 0. The number of methoxy groups -OCH3 is 2. The zero-order valence-electron chi connectivity index (χ0n) is 16.1. The van der Waals surface area contributed by atoms with Crippen LogP contribution in [-0.2, 0) is 9.53 Å². The van der Waals surface area contributed by atoms with E-state index >= 15 is 0 Å². The van der Waals surface area contributed by atoms with E-state index in [1.54, 1.807) is 0 Å². The molecule has 164 valence electrons. The number of cyclic esters (lactones) is 1. The van der Waals surface area contributed by atoms with E-state index in [0.29, 0.717) is 5.56 Å². The molecule has 31 heavy (non-hydrogen) atoms. The van der Waals surface area contributed by atoms with Crippen LogP contribution in [0.15, 0.2) is 47.1 Å². The van der Waals surface area contributed by atoms with Crippen LogP contribution < -0.4 is 18.9 Å². The second-order valence-electron chi connectivity index (χ2n) is 5.88. The molecule has 0 unspecified atom stereocenters. The molecule has 0 bridgehead atoms. The van der Waals surface area contributed by atoms with Crippen molar-refractivity contribution >= 4 is 17.9 Å². The Bertz CT molecular complexity index is 1010. The summed E-state index contributed by atoms with van der Waals surface area (Å²) < 4.78 is 74.1. The Kier molecular flexibility index (Phi) is 6.63. The number of carbonyl (C=O) groups excluding carboxylic acids is 1. The van der Waals surface area contributed by atoms with Crippen molar-refractivity contribution in [3.05, 3.63) is 53.2 Å². The summed E-state index contributed by atoms with van der Waals surface area (Å²) in [5.41, 5.74) is 0.439. The van der Waals surface area contributed by atoms with Gasteiger partial charge in [0.25, 0.3) is 0 Å². The van der Waals surface area contributed by atoms with Crippen LogP contribution in [0, 0.1) is 0 Å². The van der Waals surface area contributed by atoms with Gasteiger partial charge in [0.2, 0.25) is 11.6 Å². The standard InChI is InChI=1S/C20H15F4NO6/c1-27-14-7-10(8-15(28-2)16(14)30-20(23)24)6-13-18(26)31-17(25-13)11-4-3-5-12(9-11)29-19(21)22/h3-9,19-20H,1-2H3/b13-6-. The van der Waals surface area contributed by atoms with E-state index in [9.17, 15) is 22.4 Å². The maximum atomic E-state index is 12.7. The Morgan fingerprint density at radius 1 is 0.968 bits per heavy atom. The van der Waals surface area contributed by atoms with Crippen LogP contribution in [0.1, 0.15) is 11.1 Å². The van der Waals surface area contributed by atoms with Crippen LogP contribution in [0.3, 0.4) is 0 Å². The molecule has 0 radical (unpaired) electrons. The molecule has 1 aliphatic heterocycles. The van der Waals surface area contributed by atoms with Crippen molar-refractivity contribution in [1.82, 2.24) is 0 Å². The molecule has 11 heteroatoms. The van der Waals surface area contributed by atoms with E-state index in [4.69, 9.17) is 14.2 Å². The van der Waals surface area contributed by atoms with E-state index in [2.05, 4.69) is 14.5 Å². The first kappa shape index (κ1) is 21.9. The molecule has 0 saturated heterocycles. The van der Waals surface area contributed by atoms with Crippen molar-refractivity contribution in [3.8, 4) is 23.0 Å². The fourth-order valence-corrected chi connectivity index (χ4v) is 2.68. The lowest BCUT2D eigenvalue weighted by Gasteiger charge is -2.14. The van der Waals surface area contributed by atoms with Crippen molar-refractivity contribution in [2.75, 3.05) is 14.2 Å². The van der Waals surface area contributed by atoms with Crippen LogP contribution in [0.2, 0.25) is 0 Å². The zero-order valence-corrected chi connectivity index (χ0v) is 16.1. The minimum Gasteiger partial charge on any atom is -0.493 e. The quantitative estimate of drug-likeness (QED) is 0.346. The summed E-state index contributed by atoms with van der Waals surface area (Å²) in [5, 5.41) is 0. The average molecular weight is 441 g/mol. The van der Waals surface area contributed by atoms with Crippen LogP contribution in [-0.4, -0.2) is 39.3 Å². The van der Waals surface area contributed by atoms with E-state index in [1.165, 1.54) is 56.7 Å². The smallest absolute Gasteiger partial charge is 0.387 e. The number of halogens is 4. The van der Waals surface area contributed by atoms with E-state index < -0.39 is 19.2 Å². The van der Waals surface area contributed by atoms with Gasteiger partial charge < -0.3 is 23.7 Å². The predicted octanol–water partition coefficient (Wildman–Crippen LogP) is 4.25. The van der Waals surface area contributed by atoms with Gasteiger partial charge in [-0.3, -0.25) is 0 Å². The molecule has 0 fully saturated rings. The minimum atomic E-state index is -3.10. The Morgan fingerprint density at radius 3 is 2.19 bits per heavy atom. The first-order valence-electron chi connectivity index (χ1n) is 8.59. The Morgan fingerprint density at radius 2 is 1.61 bits per heavy atom. The SMILES string of the molecule is COc1cc(/C=C2\N=C(c3cccc(OC(F)F)c3)OC2=O)cc(OC)c1OC(F)F. The van der Waals surface area contributed by atoms with Gasteiger partial charge in [-0.15, -0.1) is 0 Å². The number of alkyl halides is 4. The molecule has 1 aliphatic rings. The zero-order chi connectivity index (χ0) is 22.5. The van der Waals surface area contributed by atoms with E-state index in [0.717, 1.165) is 0 Å². The molecule has 0 saturated carbocycles. The predicted molar refractivity (Wildman–Crippen MR) is 99.9 cm³/mol. The summed E-state index contributed by atoms with van der Waals surface area (Å²) in [4.78, 5) is 16.3. The number of esters is 1. The van der Waals surface area contributed by atoms with Gasteiger partial charge >= 0.3 is 19.2 Å². The molecule has 7 nitrogen and oxygen atoms in total. The summed E-state index contributed by atoms with van der Waals surface area (Å²) in [6, 6.07) is 8.16. The first-order chi connectivity index (χ1) is 14.8. The first-order valence-corrected chi connectivity index (χ1v) is 8.59. The van der Waals surface area contributed by atoms with Gasteiger partial charge in [0.05, 0.1) is 14.2 Å². The fraction of sp³-hybridized carbons (Fsp3) is 0.200. The summed E-state index contributed by atoms with van der Waals surface area (Å²) in [6.07, 6.45) is 1.31. The molecule has 2 aromatic rings. The highest BCUT2D eigenvalue weighted by Crippen LogP contribution is 2.40. The molecular formula is C20H15F4NO6. The van der Waals surface area contributed by atoms with Crippen LogP contribution in [0.5, 0.6) is 23.0 Å². The number of hydrogen-bond donors (Lipinski definition) is 0. The number of nitrogens with zero attached hydrogens (tertiary/aromatic N) is 1. The average Bonchev–Trinajstić information content (AvgIpc) is 3.08.